The van der Waals surface area contributed by atoms with Crippen molar-refractivity contribution in [3.05, 3.63) is 24.3 Å². The van der Waals surface area contributed by atoms with E-state index in [9.17, 15) is 9.59 Å². The van der Waals surface area contributed by atoms with Crippen LogP contribution >= 0.6 is 0 Å². The van der Waals surface area contributed by atoms with Crippen molar-refractivity contribution in [3.8, 4) is 11.5 Å². The molecule has 6 nitrogen and oxygen atoms in total. The molecule has 1 N–H and O–H groups in total. The summed E-state index contributed by atoms with van der Waals surface area (Å²) in [6.07, 6.45) is 2.91. The SMILES string of the molecule is C[C@@H]1Oc2ccccc2O[C@H]1C(=O)OCC(=O)NC1CCCC1. The summed E-state index contributed by atoms with van der Waals surface area (Å²) in [5.74, 6) is 0.245. The third-order valence-corrected chi connectivity index (χ3v) is 4.14. The Hall–Kier alpha value is -2.24. The predicted molar refractivity (Wildman–Crippen MR) is 82.3 cm³/mol. The van der Waals surface area contributed by atoms with Crippen LogP contribution in [0.25, 0.3) is 0 Å². The van der Waals surface area contributed by atoms with Gasteiger partial charge in [-0.1, -0.05) is 25.0 Å². The molecule has 6 heteroatoms. The molecule has 0 spiro atoms. The Labute approximate surface area is 135 Å². The van der Waals surface area contributed by atoms with E-state index in [-0.39, 0.29) is 18.6 Å². The van der Waals surface area contributed by atoms with Gasteiger partial charge in [-0.2, -0.15) is 0 Å². The smallest absolute Gasteiger partial charge is 0.351 e. The standard InChI is InChI=1S/C17H21NO5/c1-11-16(23-14-9-5-4-8-13(14)22-11)17(20)21-10-15(19)18-12-6-2-3-7-12/h4-5,8-9,11-12,16H,2-3,6-7,10H2,1H3,(H,18,19)/t11-,16+/m0/s1. The Balaban J connectivity index is 1.51. The molecular formula is C17H21NO5. The number of amides is 1. The van der Waals surface area contributed by atoms with E-state index in [1.807, 2.05) is 6.07 Å². The number of para-hydroxylation sites is 2. The van der Waals surface area contributed by atoms with Crippen molar-refractivity contribution in [1.82, 2.24) is 5.32 Å². The number of carbonyl (C=O) groups is 2. The topological polar surface area (TPSA) is 73.9 Å². The number of carbonyl (C=O) groups excluding carboxylic acids is 2. The van der Waals surface area contributed by atoms with Gasteiger partial charge in [-0.25, -0.2) is 4.79 Å². The van der Waals surface area contributed by atoms with Crippen LogP contribution in [0.4, 0.5) is 0 Å². The minimum absolute atomic E-state index is 0.210. The van der Waals surface area contributed by atoms with E-state index >= 15 is 0 Å². The van der Waals surface area contributed by atoms with E-state index in [1.165, 1.54) is 0 Å². The van der Waals surface area contributed by atoms with Crippen LogP contribution in [0.15, 0.2) is 24.3 Å². The maximum absolute atomic E-state index is 12.2. The van der Waals surface area contributed by atoms with Crippen molar-refractivity contribution in [2.24, 2.45) is 0 Å². The Morgan fingerprint density at radius 2 is 1.83 bits per heavy atom. The third kappa shape index (κ3) is 3.75. The van der Waals surface area contributed by atoms with Crippen molar-refractivity contribution in [2.45, 2.75) is 50.9 Å². The fourth-order valence-corrected chi connectivity index (χ4v) is 2.94. The number of ether oxygens (including phenoxy) is 3. The fraction of sp³-hybridized carbons (Fsp3) is 0.529. The molecule has 1 aromatic carbocycles. The van der Waals surface area contributed by atoms with Crippen molar-refractivity contribution in [3.63, 3.8) is 0 Å². The van der Waals surface area contributed by atoms with Crippen molar-refractivity contribution in [2.75, 3.05) is 6.61 Å². The lowest BCUT2D eigenvalue weighted by Gasteiger charge is -2.30. The zero-order valence-electron chi connectivity index (χ0n) is 13.1. The summed E-state index contributed by atoms with van der Waals surface area (Å²) < 4.78 is 16.4. The summed E-state index contributed by atoms with van der Waals surface area (Å²) in [4.78, 5) is 24.0. The zero-order valence-corrected chi connectivity index (χ0v) is 13.1. The van der Waals surface area contributed by atoms with Crippen molar-refractivity contribution in [1.29, 1.82) is 0 Å². The van der Waals surface area contributed by atoms with Crippen LogP contribution in [0, 0.1) is 0 Å². The highest BCUT2D eigenvalue weighted by Gasteiger charge is 2.35. The van der Waals surface area contributed by atoms with Gasteiger partial charge in [0.2, 0.25) is 6.10 Å². The lowest BCUT2D eigenvalue weighted by Crippen LogP contribution is -2.45. The predicted octanol–water partition coefficient (Wildman–Crippen LogP) is 1.82. The Morgan fingerprint density at radius 1 is 1.17 bits per heavy atom. The molecule has 1 amide bonds. The second-order valence-electron chi connectivity index (χ2n) is 5.96. The summed E-state index contributed by atoms with van der Waals surface area (Å²) in [5, 5.41) is 2.88. The average molecular weight is 319 g/mol. The molecule has 1 saturated carbocycles. The van der Waals surface area contributed by atoms with Gasteiger partial charge in [0, 0.05) is 6.04 Å². The highest BCUT2D eigenvalue weighted by atomic mass is 16.6. The summed E-state index contributed by atoms with van der Waals surface area (Å²) >= 11 is 0. The van der Waals surface area contributed by atoms with E-state index in [0.717, 1.165) is 25.7 Å². The normalized spacial score (nSPS) is 23.3. The first-order chi connectivity index (χ1) is 11.1. The van der Waals surface area contributed by atoms with E-state index in [2.05, 4.69) is 5.32 Å². The van der Waals surface area contributed by atoms with Crippen LogP contribution in [0.5, 0.6) is 11.5 Å². The molecule has 0 radical (unpaired) electrons. The summed E-state index contributed by atoms with van der Waals surface area (Å²) in [5.41, 5.74) is 0. The first-order valence-electron chi connectivity index (χ1n) is 8.02. The first kappa shape index (κ1) is 15.6. The minimum Gasteiger partial charge on any atom is -0.482 e. The van der Waals surface area contributed by atoms with Gasteiger partial charge in [-0.3, -0.25) is 4.79 Å². The Kier molecular flexibility index (Phi) is 4.69. The number of fused-ring (bicyclic) bond motifs is 1. The zero-order chi connectivity index (χ0) is 16.2. The van der Waals surface area contributed by atoms with Gasteiger partial charge in [0.15, 0.2) is 18.1 Å². The fourth-order valence-electron chi connectivity index (χ4n) is 2.94. The molecule has 0 unspecified atom stereocenters. The van der Waals surface area contributed by atoms with Crippen LogP contribution < -0.4 is 14.8 Å². The van der Waals surface area contributed by atoms with Gasteiger partial charge in [-0.05, 0) is 31.9 Å². The summed E-state index contributed by atoms with van der Waals surface area (Å²) in [6.45, 7) is 1.45. The number of rotatable bonds is 4. The second-order valence-corrected chi connectivity index (χ2v) is 5.96. The molecule has 2 atom stereocenters. The monoisotopic (exact) mass is 319 g/mol. The van der Waals surface area contributed by atoms with Gasteiger partial charge in [0.25, 0.3) is 5.91 Å². The quantitative estimate of drug-likeness (QED) is 0.857. The molecule has 1 aliphatic heterocycles. The van der Waals surface area contributed by atoms with Gasteiger partial charge in [0.1, 0.15) is 6.10 Å². The van der Waals surface area contributed by atoms with Crippen molar-refractivity contribution >= 4 is 11.9 Å². The van der Waals surface area contributed by atoms with Gasteiger partial charge in [0.05, 0.1) is 0 Å². The van der Waals surface area contributed by atoms with Crippen LogP contribution in [0.2, 0.25) is 0 Å². The van der Waals surface area contributed by atoms with Crippen LogP contribution in [-0.4, -0.2) is 36.7 Å². The number of hydrogen-bond acceptors (Lipinski definition) is 5. The average Bonchev–Trinajstić information content (AvgIpc) is 3.05. The van der Waals surface area contributed by atoms with Gasteiger partial charge in [-0.15, -0.1) is 0 Å². The molecule has 1 aromatic rings. The van der Waals surface area contributed by atoms with E-state index < -0.39 is 18.2 Å². The van der Waals surface area contributed by atoms with E-state index in [0.29, 0.717) is 11.5 Å². The summed E-state index contributed by atoms with van der Waals surface area (Å²) in [7, 11) is 0. The highest BCUT2D eigenvalue weighted by molar-refractivity contribution is 5.82. The van der Waals surface area contributed by atoms with Gasteiger partial charge < -0.3 is 19.5 Å². The molecule has 3 rings (SSSR count). The second kappa shape index (κ2) is 6.89. The van der Waals surface area contributed by atoms with Crippen LogP contribution in [0.3, 0.4) is 0 Å². The largest absolute Gasteiger partial charge is 0.482 e. The molecule has 1 fully saturated rings. The molecule has 1 aliphatic carbocycles. The van der Waals surface area contributed by atoms with E-state index in [1.54, 1.807) is 25.1 Å². The molecule has 0 aromatic heterocycles. The van der Waals surface area contributed by atoms with Gasteiger partial charge >= 0.3 is 5.97 Å². The molecule has 1 heterocycles. The molecule has 23 heavy (non-hydrogen) atoms. The number of benzene rings is 1. The molecule has 0 saturated heterocycles. The molecule has 2 aliphatic rings. The van der Waals surface area contributed by atoms with E-state index in [4.69, 9.17) is 14.2 Å². The maximum Gasteiger partial charge on any atom is 0.351 e. The molecule has 124 valence electrons. The number of nitrogens with one attached hydrogen (secondary N) is 1. The minimum atomic E-state index is -0.871. The lowest BCUT2D eigenvalue weighted by atomic mass is 10.2. The van der Waals surface area contributed by atoms with Crippen LogP contribution in [0.1, 0.15) is 32.6 Å². The maximum atomic E-state index is 12.2. The first-order valence-corrected chi connectivity index (χ1v) is 8.02. The van der Waals surface area contributed by atoms with Crippen molar-refractivity contribution < 1.29 is 23.8 Å². The summed E-state index contributed by atoms with van der Waals surface area (Å²) in [6, 6.07) is 7.36. The van der Waals surface area contributed by atoms with Crippen LogP contribution in [-0.2, 0) is 14.3 Å². The number of esters is 1. The Morgan fingerprint density at radius 3 is 2.52 bits per heavy atom. The Bertz CT molecular complexity index is 582. The third-order valence-electron chi connectivity index (χ3n) is 4.14. The number of hydrogen-bond donors (Lipinski definition) is 1. The lowest BCUT2D eigenvalue weighted by molar-refractivity contribution is -0.160. The molecular weight excluding hydrogens is 298 g/mol. The molecule has 0 bridgehead atoms. The highest BCUT2D eigenvalue weighted by Crippen LogP contribution is 2.33.